The van der Waals surface area contributed by atoms with Crippen molar-refractivity contribution in [2.24, 2.45) is 0 Å². The summed E-state index contributed by atoms with van der Waals surface area (Å²) in [6.07, 6.45) is -0.935. The number of aromatic nitrogens is 2. The molecule has 3 rings (SSSR count). The van der Waals surface area contributed by atoms with E-state index in [1.165, 1.54) is 17.8 Å². The van der Waals surface area contributed by atoms with Crippen LogP contribution in [0.1, 0.15) is 17.2 Å². The SMILES string of the molecule is Cc1ccccc1-c1nnc(SCC(O)c2ccccc2F)o1. The zero-order valence-electron chi connectivity index (χ0n) is 12.4. The number of thioether (sulfide) groups is 1. The molecule has 0 fully saturated rings. The molecule has 1 unspecified atom stereocenters. The van der Waals surface area contributed by atoms with E-state index in [0.717, 1.165) is 11.1 Å². The van der Waals surface area contributed by atoms with Crippen LogP contribution in [0.4, 0.5) is 4.39 Å². The molecule has 0 aliphatic rings. The first-order chi connectivity index (χ1) is 11.1. The molecule has 1 aromatic heterocycles. The van der Waals surface area contributed by atoms with Crippen LogP contribution in [-0.2, 0) is 0 Å². The number of hydrogen-bond donors (Lipinski definition) is 1. The highest BCUT2D eigenvalue weighted by Crippen LogP contribution is 2.28. The van der Waals surface area contributed by atoms with Gasteiger partial charge in [0.2, 0.25) is 5.89 Å². The summed E-state index contributed by atoms with van der Waals surface area (Å²) < 4.78 is 19.2. The van der Waals surface area contributed by atoms with Gasteiger partial charge in [0, 0.05) is 16.9 Å². The van der Waals surface area contributed by atoms with Crippen molar-refractivity contribution >= 4 is 11.8 Å². The second kappa shape index (κ2) is 6.93. The van der Waals surface area contributed by atoms with Crippen molar-refractivity contribution in [2.75, 3.05) is 5.75 Å². The Hall–Kier alpha value is -2.18. The summed E-state index contributed by atoms with van der Waals surface area (Å²) >= 11 is 1.20. The van der Waals surface area contributed by atoms with Crippen molar-refractivity contribution in [2.45, 2.75) is 18.3 Å². The zero-order valence-corrected chi connectivity index (χ0v) is 13.3. The normalized spacial score (nSPS) is 12.3. The van der Waals surface area contributed by atoms with E-state index in [1.54, 1.807) is 18.2 Å². The summed E-state index contributed by atoms with van der Waals surface area (Å²) in [5, 5.41) is 18.4. The van der Waals surface area contributed by atoms with E-state index in [1.807, 2.05) is 31.2 Å². The van der Waals surface area contributed by atoms with E-state index in [2.05, 4.69) is 10.2 Å². The van der Waals surface area contributed by atoms with Gasteiger partial charge in [-0.25, -0.2) is 4.39 Å². The Kier molecular flexibility index (Phi) is 4.73. The lowest BCUT2D eigenvalue weighted by Gasteiger charge is -2.09. The van der Waals surface area contributed by atoms with E-state index < -0.39 is 11.9 Å². The minimum Gasteiger partial charge on any atom is -0.411 e. The van der Waals surface area contributed by atoms with Gasteiger partial charge >= 0.3 is 0 Å². The Labute approximate surface area is 137 Å². The first kappa shape index (κ1) is 15.7. The maximum atomic E-state index is 13.6. The molecule has 0 saturated carbocycles. The number of rotatable bonds is 5. The van der Waals surface area contributed by atoms with Crippen LogP contribution in [0, 0.1) is 12.7 Å². The summed E-state index contributed by atoms with van der Waals surface area (Å²) in [5.41, 5.74) is 2.18. The average Bonchev–Trinajstić information content (AvgIpc) is 3.02. The van der Waals surface area contributed by atoms with Gasteiger partial charge in [0.1, 0.15) is 5.82 Å². The second-order valence-electron chi connectivity index (χ2n) is 5.04. The van der Waals surface area contributed by atoms with Crippen LogP contribution in [0.5, 0.6) is 0 Å². The Morgan fingerprint density at radius 2 is 1.87 bits per heavy atom. The summed E-state index contributed by atoms with van der Waals surface area (Å²) in [4.78, 5) is 0. The lowest BCUT2D eigenvalue weighted by Crippen LogP contribution is -2.03. The van der Waals surface area contributed by atoms with Crippen molar-refractivity contribution in [1.29, 1.82) is 0 Å². The van der Waals surface area contributed by atoms with Gasteiger partial charge in [0.15, 0.2) is 0 Å². The molecule has 0 aliphatic heterocycles. The Balaban J connectivity index is 1.68. The average molecular weight is 330 g/mol. The topological polar surface area (TPSA) is 59.2 Å². The summed E-state index contributed by atoms with van der Waals surface area (Å²) in [6.45, 7) is 1.97. The molecule has 118 valence electrons. The van der Waals surface area contributed by atoms with Gasteiger partial charge in [0.25, 0.3) is 5.22 Å². The predicted octanol–water partition coefficient (Wildman–Crippen LogP) is 4.01. The largest absolute Gasteiger partial charge is 0.411 e. The lowest BCUT2D eigenvalue weighted by molar-refractivity contribution is 0.198. The molecule has 23 heavy (non-hydrogen) atoms. The fraction of sp³-hybridized carbons (Fsp3) is 0.176. The van der Waals surface area contributed by atoms with Crippen molar-refractivity contribution in [3.05, 3.63) is 65.5 Å². The molecule has 6 heteroatoms. The quantitative estimate of drug-likeness (QED) is 0.716. The Morgan fingerprint density at radius 1 is 1.13 bits per heavy atom. The molecule has 0 radical (unpaired) electrons. The van der Waals surface area contributed by atoms with Gasteiger partial charge in [-0.3, -0.25) is 0 Å². The molecule has 3 aromatic rings. The molecule has 0 spiro atoms. The van der Waals surface area contributed by atoms with E-state index in [4.69, 9.17) is 4.42 Å². The number of halogens is 1. The van der Waals surface area contributed by atoms with Crippen LogP contribution in [-0.4, -0.2) is 21.1 Å². The molecule has 0 amide bonds. The lowest BCUT2D eigenvalue weighted by atomic mass is 10.1. The van der Waals surface area contributed by atoms with Gasteiger partial charge in [-0.15, -0.1) is 10.2 Å². The van der Waals surface area contributed by atoms with Crippen molar-refractivity contribution in [1.82, 2.24) is 10.2 Å². The maximum absolute atomic E-state index is 13.6. The minimum atomic E-state index is -0.935. The predicted molar refractivity (Wildman–Crippen MR) is 86.6 cm³/mol. The maximum Gasteiger partial charge on any atom is 0.276 e. The molecule has 2 aromatic carbocycles. The fourth-order valence-corrected chi connectivity index (χ4v) is 2.89. The molecule has 4 nitrogen and oxygen atoms in total. The molecule has 1 heterocycles. The van der Waals surface area contributed by atoms with Crippen LogP contribution in [0.15, 0.2) is 58.2 Å². The van der Waals surface area contributed by atoms with Crippen LogP contribution >= 0.6 is 11.8 Å². The number of aliphatic hydroxyl groups is 1. The summed E-state index contributed by atoms with van der Waals surface area (Å²) in [5.74, 6) is 0.244. The standard InChI is InChI=1S/C17H15FN2O2S/c1-11-6-2-3-7-12(11)16-19-20-17(22-16)23-10-15(21)13-8-4-5-9-14(13)18/h2-9,15,21H,10H2,1H3. The first-order valence-electron chi connectivity index (χ1n) is 7.10. The second-order valence-corrected chi connectivity index (χ2v) is 6.01. The van der Waals surface area contributed by atoms with E-state index in [-0.39, 0.29) is 11.3 Å². The van der Waals surface area contributed by atoms with E-state index >= 15 is 0 Å². The number of nitrogens with zero attached hydrogens (tertiary/aromatic N) is 2. The monoisotopic (exact) mass is 330 g/mol. The first-order valence-corrected chi connectivity index (χ1v) is 8.08. The third-order valence-corrected chi connectivity index (χ3v) is 4.31. The van der Waals surface area contributed by atoms with Crippen LogP contribution in [0.2, 0.25) is 0 Å². The molecular weight excluding hydrogens is 315 g/mol. The molecule has 1 N–H and O–H groups in total. The van der Waals surface area contributed by atoms with Crippen molar-refractivity contribution in [3.63, 3.8) is 0 Å². The Morgan fingerprint density at radius 3 is 2.65 bits per heavy atom. The molecule has 0 aliphatic carbocycles. The summed E-state index contributed by atoms with van der Waals surface area (Å²) in [7, 11) is 0. The highest BCUT2D eigenvalue weighted by Gasteiger charge is 2.16. The fourth-order valence-electron chi connectivity index (χ4n) is 2.18. The van der Waals surface area contributed by atoms with E-state index in [0.29, 0.717) is 11.1 Å². The molecular formula is C17H15FN2O2S. The van der Waals surface area contributed by atoms with Crippen molar-refractivity contribution < 1.29 is 13.9 Å². The van der Waals surface area contributed by atoms with Crippen LogP contribution in [0.25, 0.3) is 11.5 Å². The molecule has 0 saturated heterocycles. The van der Waals surface area contributed by atoms with Gasteiger partial charge < -0.3 is 9.52 Å². The molecule has 1 atom stereocenters. The number of aryl methyl sites for hydroxylation is 1. The smallest absolute Gasteiger partial charge is 0.276 e. The van der Waals surface area contributed by atoms with Crippen LogP contribution in [0.3, 0.4) is 0 Å². The third kappa shape index (κ3) is 3.60. The number of benzene rings is 2. The van der Waals surface area contributed by atoms with Gasteiger partial charge in [-0.1, -0.05) is 48.2 Å². The van der Waals surface area contributed by atoms with Gasteiger partial charge in [-0.2, -0.15) is 0 Å². The third-order valence-electron chi connectivity index (χ3n) is 3.41. The van der Waals surface area contributed by atoms with Gasteiger partial charge in [-0.05, 0) is 24.6 Å². The Bertz CT molecular complexity index is 807. The zero-order chi connectivity index (χ0) is 16.2. The van der Waals surface area contributed by atoms with Crippen molar-refractivity contribution in [3.8, 4) is 11.5 Å². The van der Waals surface area contributed by atoms with E-state index in [9.17, 15) is 9.50 Å². The summed E-state index contributed by atoms with van der Waals surface area (Å²) in [6, 6.07) is 13.9. The molecule has 0 bridgehead atoms. The number of aliphatic hydroxyl groups excluding tert-OH is 1. The highest BCUT2D eigenvalue weighted by molar-refractivity contribution is 7.99. The van der Waals surface area contributed by atoms with Gasteiger partial charge in [0.05, 0.1) is 6.10 Å². The highest BCUT2D eigenvalue weighted by atomic mass is 32.2. The number of hydrogen-bond acceptors (Lipinski definition) is 5. The van der Waals surface area contributed by atoms with Crippen LogP contribution < -0.4 is 0 Å². The minimum absolute atomic E-state index is 0.232.